The topological polar surface area (TPSA) is 105 Å². The highest BCUT2D eigenvalue weighted by atomic mass is 16.6. The van der Waals surface area contributed by atoms with Gasteiger partial charge in [0.25, 0.3) is 0 Å². The van der Waals surface area contributed by atoms with Gasteiger partial charge in [-0.3, -0.25) is 9.69 Å². The first kappa shape index (κ1) is 40.4. The monoisotopic (exact) mass is 878 g/mol. The van der Waals surface area contributed by atoms with E-state index in [0.717, 1.165) is 75.7 Å². The predicted molar refractivity (Wildman–Crippen MR) is 249 cm³/mol. The van der Waals surface area contributed by atoms with E-state index in [4.69, 9.17) is 15.2 Å². The average molecular weight is 878 g/mol. The van der Waals surface area contributed by atoms with Gasteiger partial charge in [0.15, 0.2) is 11.4 Å². The molecule has 344 valence electrons. The second-order valence-electron chi connectivity index (χ2n) is 24.0. The van der Waals surface area contributed by atoms with Gasteiger partial charge in [-0.05, 0) is 134 Å². The summed E-state index contributed by atoms with van der Waals surface area (Å²) >= 11 is 0. The number of aliphatic hydroxyl groups is 1. The van der Waals surface area contributed by atoms with Crippen LogP contribution in [0.3, 0.4) is 0 Å². The zero-order chi connectivity index (χ0) is 43.6. The molecule has 4 saturated carbocycles. The molecule has 3 spiro atoms. The summed E-state index contributed by atoms with van der Waals surface area (Å²) in [7, 11) is 0. The largest absolute Gasteiger partial charge is 0.509 e. The van der Waals surface area contributed by atoms with Crippen molar-refractivity contribution in [3.63, 3.8) is 0 Å². The van der Waals surface area contributed by atoms with Crippen LogP contribution in [-0.2, 0) is 26.3 Å². The molecule has 17 rings (SSSR count). The number of benzene rings is 1. The maximum atomic E-state index is 16.2. The third-order valence-electron chi connectivity index (χ3n) is 21.3. The molecule has 1 aromatic carbocycles. The van der Waals surface area contributed by atoms with Gasteiger partial charge in [0.05, 0.1) is 17.0 Å². The number of hydrogen-bond donors (Lipinski definition) is 2. The quantitative estimate of drug-likeness (QED) is 0.272. The number of carbonyl (C=O) groups is 2. The van der Waals surface area contributed by atoms with Gasteiger partial charge in [-0.1, -0.05) is 107 Å². The molecule has 13 atom stereocenters. The van der Waals surface area contributed by atoms with Crippen molar-refractivity contribution in [1.82, 2.24) is 9.80 Å². The second-order valence-corrected chi connectivity index (χ2v) is 24.0. The van der Waals surface area contributed by atoms with E-state index in [-0.39, 0.29) is 35.6 Å². The fraction of sp³-hybridized carbons (Fsp3) is 0.684. The summed E-state index contributed by atoms with van der Waals surface area (Å²) in [5.74, 6) is 3.79. The number of aryl methyl sites for hydroxylation is 1. The van der Waals surface area contributed by atoms with Gasteiger partial charge in [-0.15, -0.1) is 0 Å². The molecule has 7 aliphatic carbocycles. The Morgan fingerprint density at radius 2 is 1.77 bits per heavy atom. The Morgan fingerprint density at radius 3 is 2.62 bits per heavy atom. The number of hydrogen-bond acceptors (Lipinski definition) is 8. The van der Waals surface area contributed by atoms with Crippen molar-refractivity contribution < 1.29 is 24.2 Å². The molecule has 12 bridgehead atoms. The summed E-state index contributed by atoms with van der Waals surface area (Å²) in [6.45, 7) is 6.22. The Kier molecular flexibility index (Phi) is 8.99. The highest BCUT2D eigenvalue weighted by Gasteiger charge is 2.94. The Labute approximate surface area is 386 Å². The zero-order valence-corrected chi connectivity index (χ0v) is 38.8. The first-order valence-electron chi connectivity index (χ1n) is 26.8. The van der Waals surface area contributed by atoms with Crippen molar-refractivity contribution in [3.8, 4) is 0 Å². The molecule has 9 aliphatic heterocycles. The Bertz CT molecular complexity index is 2410. The van der Waals surface area contributed by atoms with E-state index in [0.29, 0.717) is 84.6 Å². The number of aliphatic hydroxyl groups excluding tert-OH is 1. The minimum absolute atomic E-state index is 0.145. The summed E-state index contributed by atoms with van der Waals surface area (Å²) in [4.78, 5) is 37.0. The highest BCUT2D eigenvalue weighted by Crippen LogP contribution is 2.88. The van der Waals surface area contributed by atoms with Gasteiger partial charge in [0, 0.05) is 55.2 Å². The van der Waals surface area contributed by atoms with Crippen LogP contribution < -0.4 is 5.73 Å². The minimum Gasteiger partial charge on any atom is -0.509 e. The lowest BCUT2D eigenvalue weighted by molar-refractivity contribution is -0.280. The fourth-order valence-electron chi connectivity index (χ4n) is 19.1. The van der Waals surface area contributed by atoms with Crippen LogP contribution in [0.25, 0.3) is 0 Å². The molecular formula is C57H71N3O5. The summed E-state index contributed by atoms with van der Waals surface area (Å²) in [5, 5.41) is 13.4. The van der Waals surface area contributed by atoms with E-state index in [1.165, 1.54) is 86.5 Å². The molecule has 3 saturated heterocycles. The third-order valence-corrected chi connectivity index (χ3v) is 21.3. The van der Waals surface area contributed by atoms with E-state index in [9.17, 15) is 5.11 Å². The average Bonchev–Trinajstić information content (AvgIpc) is 4.02. The van der Waals surface area contributed by atoms with E-state index < -0.39 is 16.4 Å². The SMILES string of the molecule is CC1CC2=C3C4C5=C6C(=CC14)CCC(C1CCCC1)CC1C64C(=O)OC(=C(O)CC(CC6CCCCC6)N6CC7CC(C6)C(C=C2)N3C7)C4(CC5)C12OC(=O)c1c(CCCN)cccc12. The molecule has 0 aromatic heterocycles. The van der Waals surface area contributed by atoms with E-state index >= 15 is 9.59 Å². The van der Waals surface area contributed by atoms with Crippen LogP contribution in [-0.4, -0.2) is 65.1 Å². The number of carbonyl (C=O) groups excluding carboxylic acids is 2. The lowest BCUT2D eigenvalue weighted by Gasteiger charge is -2.72. The molecule has 3 N–H and O–H groups in total. The van der Waals surface area contributed by atoms with Gasteiger partial charge < -0.3 is 25.2 Å². The van der Waals surface area contributed by atoms with Gasteiger partial charge in [-0.25, -0.2) is 4.79 Å². The van der Waals surface area contributed by atoms with Crippen LogP contribution in [0.2, 0.25) is 0 Å². The molecule has 65 heavy (non-hydrogen) atoms. The number of nitrogens with zero attached hydrogens (tertiary/aromatic N) is 2. The lowest BCUT2D eigenvalue weighted by atomic mass is 9.27. The number of nitrogens with two attached hydrogens (primary N) is 1. The van der Waals surface area contributed by atoms with Crippen molar-refractivity contribution in [1.29, 1.82) is 0 Å². The fourth-order valence-corrected chi connectivity index (χ4v) is 19.1. The van der Waals surface area contributed by atoms with Gasteiger partial charge >= 0.3 is 11.9 Å². The van der Waals surface area contributed by atoms with Crippen molar-refractivity contribution in [2.24, 2.45) is 69.8 Å². The molecule has 9 heterocycles. The summed E-state index contributed by atoms with van der Waals surface area (Å²) in [6, 6.07) is 6.91. The Hall–Kier alpha value is -3.62. The molecule has 0 radical (unpaired) electrons. The number of esters is 2. The second kappa shape index (κ2) is 14.5. The molecule has 0 amide bonds. The Balaban J connectivity index is 1.05. The van der Waals surface area contributed by atoms with Gasteiger partial charge in [-0.2, -0.15) is 0 Å². The maximum Gasteiger partial charge on any atom is 0.339 e. The van der Waals surface area contributed by atoms with Crippen molar-refractivity contribution >= 4 is 11.9 Å². The molecule has 8 heteroatoms. The van der Waals surface area contributed by atoms with E-state index in [1.54, 1.807) is 5.70 Å². The van der Waals surface area contributed by atoms with E-state index in [1.807, 2.05) is 0 Å². The normalized spacial score (nSPS) is 43.4. The number of rotatable bonds is 6. The van der Waals surface area contributed by atoms with Gasteiger partial charge in [0.1, 0.15) is 11.2 Å². The zero-order valence-electron chi connectivity index (χ0n) is 38.8. The molecule has 7 fully saturated rings. The molecular weight excluding hydrogens is 807 g/mol. The maximum absolute atomic E-state index is 16.2. The first-order chi connectivity index (χ1) is 31.8. The summed E-state index contributed by atoms with van der Waals surface area (Å²) in [5.41, 5.74) is 12.7. The lowest BCUT2D eigenvalue weighted by Crippen LogP contribution is -2.77. The Morgan fingerprint density at radius 1 is 0.923 bits per heavy atom. The van der Waals surface area contributed by atoms with Crippen LogP contribution in [0, 0.1) is 64.1 Å². The van der Waals surface area contributed by atoms with Crippen LogP contribution >= 0.6 is 0 Å². The smallest absolute Gasteiger partial charge is 0.339 e. The van der Waals surface area contributed by atoms with Crippen LogP contribution in [0.1, 0.15) is 150 Å². The molecule has 8 nitrogen and oxygen atoms in total. The molecule has 1 aromatic rings. The third kappa shape index (κ3) is 5.13. The summed E-state index contributed by atoms with van der Waals surface area (Å²) in [6.07, 6.45) is 29.0. The number of fused-ring (bicyclic) bond motifs is 3. The number of ether oxygens (including phenoxy) is 2. The van der Waals surface area contributed by atoms with Crippen molar-refractivity contribution in [2.45, 2.75) is 153 Å². The van der Waals surface area contributed by atoms with Crippen LogP contribution in [0.5, 0.6) is 0 Å². The van der Waals surface area contributed by atoms with Crippen LogP contribution in [0.4, 0.5) is 0 Å². The molecule has 13 unspecified atom stereocenters. The minimum atomic E-state index is -1.13. The number of allylic oxidation sites excluding steroid dienone is 5. The summed E-state index contributed by atoms with van der Waals surface area (Å²) < 4.78 is 14.4. The standard InChI is InChI=1S/C57H71N3O5/c1-32-23-39-18-19-45-40-24-34-29-59(31-40)41(25-33-9-3-2-4-10-33)28-46(61)52-55-21-20-42-49(51(39)60(45)30-34)43(32)26-38-17-16-37(35-11-5-6-12-35)27-47(56(55,50(38)42)54(63)64-52)57(55)44-15-7-13-36(14-8-22-58)48(44)53(62)65-57/h7,13,15,18-19,26,32-35,37,40-41,43,45,47,49,61H,2-6,8-12,14,16-17,20-25,27-31,58H2,1H3. The van der Waals surface area contributed by atoms with Crippen molar-refractivity contribution in [2.75, 3.05) is 26.2 Å². The first-order valence-corrected chi connectivity index (χ1v) is 26.8. The number of piperidine rings is 2. The van der Waals surface area contributed by atoms with E-state index in [2.05, 4.69) is 53.2 Å². The molecule has 16 aliphatic rings. The van der Waals surface area contributed by atoms with Crippen molar-refractivity contribution in [3.05, 3.63) is 92.6 Å². The highest BCUT2D eigenvalue weighted by molar-refractivity contribution is 6.01. The van der Waals surface area contributed by atoms with Gasteiger partial charge in [0.2, 0.25) is 0 Å². The van der Waals surface area contributed by atoms with Crippen LogP contribution in [0.15, 0.2) is 75.9 Å². The predicted octanol–water partition coefficient (Wildman–Crippen LogP) is 10.4.